The average Bonchev–Trinajstić information content (AvgIpc) is 2.39. The average molecular weight is 305 g/mol. The number of carbonyl (C=O) groups is 1. The van der Waals surface area contributed by atoms with E-state index >= 15 is 0 Å². The first-order valence-corrected chi connectivity index (χ1v) is 6.73. The van der Waals surface area contributed by atoms with Crippen molar-refractivity contribution in [2.24, 2.45) is 5.73 Å². The minimum atomic E-state index is -0.178. The molecule has 0 aliphatic carbocycles. The smallest absolute Gasteiger partial charge is 0.255 e. The number of anilines is 1. The molecule has 0 aliphatic rings. The van der Waals surface area contributed by atoms with Gasteiger partial charge in [0.1, 0.15) is 4.99 Å². The molecule has 0 atom stereocenters. The molecule has 3 N–H and O–H groups in total. The van der Waals surface area contributed by atoms with Crippen LogP contribution >= 0.6 is 23.8 Å². The van der Waals surface area contributed by atoms with Crippen molar-refractivity contribution in [3.63, 3.8) is 0 Å². The molecule has 2 aromatic carbocycles. The van der Waals surface area contributed by atoms with Gasteiger partial charge in [-0.15, -0.1) is 0 Å². The number of aryl methyl sites for hydroxylation is 1. The number of thiocarbonyl (C=S) groups is 1. The highest BCUT2D eigenvalue weighted by Gasteiger charge is 2.09. The summed E-state index contributed by atoms with van der Waals surface area (Å²) in [7, 11) is 0. The van der Waals surface area contributed by atoms with Crippen LogP contribution in [0.5, 0.6) is 0 Å². The van der Waals surface area contributed by atoms with Crippen molar-refractivity contribution < 1.29 is 4.79 Å². The van der Waals surface area contributed by atoms with Gasteiger partial charge in [0.05, 0.1) is 0 Å². The molecule has 0 bridgehead atoms. The molecule has 0 saturated heterocycles. The lowest BCUT2D eigenvalue weighted by atomic mass is 10.1. The molecule has 2 aromatic rings. The van der Waals surface area contributed by atoms with Crippen LogP contribution < -0.4 is 11.1 Å². The molecule has 102 valence electrons. The molecule has 0 aromatic heterocycles. The molecule has 0 heterocycles. The van der Waals surface area contributed by atoms with Crippen LogP contribution in [0.4, 0.5) is 5.69 Å². The Balaban J connectivity index is 2.17. The molecule has 0 aliphatic heterocycles. The number of hydrogen-bond donors (Lipinski definition) is 2. The second kappa shape index (κ2) is 6.03. The molecular weight excluding hydrogens is 292 g/mol. The van der Waals surface area contributed by atoms with E-state index in [1.54, 1.807) is 42.5 Å². The molecule has 3 nitrogen and oxygen atoms in total. The molecule has 2 rings (SSSR count). The van der Waals surface area contributed by atoms with E-state index in [-0.39, 0.29) is 5.91 Å². The van der Waals surface area contributed by atoms with Gasteiger partial charge in [-0.3, -0.25) is 4.79 Å². The highest BCUT2D eigenvalue weighted by molar-refractivity contribution is 7.80. The van der Waals surface area contributed by atoms with Gasteiger partial charge in [-0.2, -0.15) is 0 Å². The lowest BCUT2D eigenvalue weighted by molar-refractivity contribution is 0.102. The maximum atomic E-state index is 12.2. The third-order valence-corrected chi connectivity index (χ3v) is 3.33. The van der Waals surface area contributed by atoms with Gasteiger partial charge < -0.3 is 11.1 Å². The minimum absolute atomic E-state index is 0.178. The summed E-state index contributed by atoms with van der Waals surface area (Å²) in [4.78, 5) is 12.5. The Hall–Kier alpha value is -1.91. The topological polar surface area (TPSA) is 55.1 Å². The lowest BCUT2D eigenvalue weighted by Gasteiger charge is -2.08. The van der Waals surface area contributed by atoms with E-state index < -0.39 is 0 Å². The first-order chi connectivity index (χ1) is 9.47. The number of benzene rings is 2. The van der Waals surface area contributed by atoms with E-state index in [9.17, 15) is 4.79 Å². The maximum absolute atomic E-state index is 12.2. The fourth-order valence-corrected chi connectivity index (χ4v) is 2.16. The lowest BCUT2D eigenvalue weighted by Crippen LogP contribution is -2.14. The Morgan fingerprint density at radius 2 is 1.85 bits per heavy atom. The summed E-state index contributed by atoms with van der Waals surface area (Å²) >= 11 is 10.8. The van der Waals surface area contributed by atoms with Crippen LogP contribution in [0.3, 0.4) is 0 Å². The number of hydrogen-bond acceptors (Lipinski definition) is 2. The third kappa shape index (κ3) is 3.35. The van der Waals surface area contributed by atoms with Crippen molar-refractivity contribution in [3.8, 4) is 0 Å². The number of halogens is 1. The largest absolute Gasteiger partial charge is 0.389 e. The Morgan fingerprint density at radius 3 is 2.40 bits per heavy atom. The first kappa shape index (κ1) is 14.5. The van der Waals surface area contributed by atoms with E-state index in [2.05, 4.69) is 5.32 Å². The molecule has 1 amide bonds. The zero-order valence-corrected chi connectivity index (χ0v) is 12.4. The molecule has 0 radical (unpaired) electrons. The van der Waals surface area contributed by atoms with Crippen LogP contribution in [0.25, 0.3) is 0 Å². The second-order valence-corrected chi connectivity index (χ2v) is 5.23. The summed E-state index contributed by atoms with van der Waals surface area (Å²) in [6.07, 6.45) is 0. The fraction of sp³-hybridized carbons (Fsp3) is 0.0667. The monoisotopic (exact) mass is 304 g/mol. The van der Waals surface area contributed by atoms with E-state index in [1.807, 2.05) is 6.92 Å². The van der Waals surface area contributed by atoms with Crippen LogP contribution in [-0.2, 0) is 0 Å². The number of nitrogens with two attached hydrogens (primary N) is 1. The predicted octanol–water partition coefficient (Wildman–Crippen LogP) is 3.53. The molecule has 0 fully saturated rings. The van der Waals surface area contributed by atoms with Crippen molar-refractivity contribution >= 4 is 40.4 Å². The zero-order chi connectivity index (χ0) is 14.7. The summed E-state index contributed by atoms with van der Waals surface area (Å²) in [6.45, 7) is 1.84. The van der Waals surface area contributed by atoms with Gasteiger partial charge in [0, 0.05) is 21.8 Å². The molecular formula is C15H13ClN2OS. The van der Waals surface area contributed by atoms with Gasteiger partial charge in [0.2, 0.25) is 0 Å². The van der Waals surface area contributed by atoms with Crippen molar-refractivity contribution in [2.75, 3.05) is 5.32 Å². The van der Waals surface area contributed by atoms with E-state index in [0.29, 0.717) is 21.3 Å². The highest BCUT2D eigenvalue weighted by Crippen LogP contribution is 2.17. The maximum Gasteiger partial charge on any atom is 0.255 e. The first-order valence-electron chi connectivity index (χ1n) is 5.95. The number of rotatable bonds is 3. The van der Waals surface area contributed by atoms with Crippen molar-refractivity contribution in [1.82, 2.24) is 0 Å². The van der Waals surface area contributed by atoms with Gasteiger partial charge in [0.25, 0.3) is 5.91 Å². The van der Waals surface area contributed by atoms with E-state index in [0.717, 1.165) is 11.1 Å². The normalized spacial score (nSPS) is 10.1. The summed E-state index contributed by atoms with van der Waals surface area (Å²) in [6, 6.07) is 12.2. The number of carbonyl (C=O) groups excluding carboxylic acids is 1. The Labute approximate surface area is 127 Å². The standard InChI is InChI=1S/C15H13ClN2OS/c1-9-8-11(16)4-7-13(9)15(19)18-12-5-2-10(3-6-12)14(17)20/h2-8H,1H3,(H2,17,20)(H,18,19). The van der Waals surface area contributed by atoms with E-state index in [1.165, 1.54) is 0 Å². The highest BCUT2D eigenvalue weighted by atomic mass is 35.5. The third-order valence-electron chi connectivity index (χ3n) is 2.86. The summed E-state index contributed by atoms with van der Waals surface area (Å²) < 4.78 is 0. The zero-order valence-electron chi connectivity index (χ0n) is 10.8. The minimum Gasteiger partial charge on any atom is -0.389 e. The SMILES string of the molecule is Cc1cc(Cl)ccc1C(=O)Nc1ccc(C(N)=S)cc1. The molecule has 20 heavy (non-hydrogen) atoms. The van der Waals surface area contributed by atoms with Gasteiger partial charge in [-0.1, -0.05) is 23.8 Å². The molecule has 0 spiro atoms. The Morgan fingerprint density at radius 1 is 1.20 bits per heavy atom. The fourth-order valence-electron chi connectivity index (χ4n) is 1.80. The Bertz CT molecular complexity index is 668. The number of amides is 1. The van der Waals surface area contributed by atoms with Gasteiger partial charge >= 0.3 is 0 Å². The summed E-state index contributed by atoms with van der Waals surface area (Å²) in [5, 5.41) is 3.43. The van der Waals surface area contributed by atoms with Gasteiger partial charge in [-0.25, -0.2) is 0 Å². The van der Waals surface area contributed by atoms with Crippen LogP contribution in [-0.4, -0.2) is 10.9 Å². The number of nitrogens with one attached hydrogen (secondary N) is 1. The predicted molar refractivity (Wildman–Crippen MR) is 86.5 cm³/mol. The van der Waals surface area contributed by atoms with Crippen molar-refractivity contribution in [2.45, 2.75) is 6.92 Å². The van der Waals surface area contributed by atoms with Crippen molar-refractivity contribution in [3.05, 3.63) is 64.2 Å². The summed E-state index contributed by atoms with van der Waals surface area (Å²) in [5.74, 6) is -0.178. The summed E-state index contributed by atoms with van der Waals surface area (Å²) in [5.41, 5.74) is 8.39. The molecule has 0 saturated carbocycles. The van der Waals surface area contributed by atoms with Crippen molar-refractivity contribution in [1.29, 1.82) is 0 Å². The van der Waals surface area contributed by atoms with E-state index in [4.69, 9.17) is 29.6 Å². The van der Waals surface area contributed by atoms with Crippen LogP contribution in [0, 0.1) is 6.92 Å². The quantitative estimate of drug-likeness (QED) is 0.853. The second-order valence-electron chi connectivity index (χ2n) is 4.35. The molecule has 5 heteroatoms. The van der Waals surface area contributed by atoms with Gasteiger partial charge in [0.15, 0.2) is 0 Å². The van der Waals surface area contributed by atoms with Gasteiger partial charge in [-0.05, 0) is 55.0 Å². The molecule has 0 unspecified atom stereocenters. The Kier molecular flexibility index (Phi) is 4.37. The van der Waals surface area contributed by atoms with Crippen LogP contribution in [0.1, 0.15) is 21.5 Å². The van der Waals surface area contributed by atoms with Crippen LogP contribution in [0.15, 0.2) is 42.5 Å². The van der Waals surface area contributed by atoms with Crippen LogP contribution in [0.2, 0.25) is 5.02 Å².